The summed E-state index contributed by atoms with van der Waals surface area (Å²) in [6.07, 6.45) is 15.9. The molecule has 1 N–H and O–H groups in total. The zero-order chi connectivity index (χ0) is 20.9. The van der Waals surface area contributed by atoms with E-state index in [2.05, 4.69) is 16.9 Å². The number of unbranched alkanes of at least 4 members (excludes halogenated alkanes) is 7. The third-order valence-corrected chi connectivity index (χ3v) is 5.15. The average Bonchev–Trinajstić information content (AvgIpc) is 2.70. The summed E-state index contributed by atoms with van der Waals surface area (Å²) in [5.74, 6) is 1.54. The third-order valence-electron chi connectivity index (χ3n) is 5.15. The molecule has 0 aliphatic rings. The zero-order valence-electron chi connectivity index (χ0n) is 18.4. The molecule has 160 valence electrons. The lowest BCUT2D eigenvalue weighted by Crippen LogP contribution is -2.18. The molecule has 0 amide bonds. The summed E-state index contributed by atoms with van der Waals surface area (Å²) < 4.78 is 5.83. The number of hydrogen-bond donors (Lipinski definition) is 1. The van der Waals surface area contributed by atoms with Crippen molar-refractivity contribution in [2.45, 2.75) is 97.2 Å². The Morgan fingerprint density at radius 2 is 1.45 bits per heavy atom. The van der Waals surface area contributed by atoms with Crippen LogP contribution in [-0.4, -0.2) is 27.3 Å². The molecule has 29 heavy (non-hydrogen) atoms. The number of nitrogens with zero attached hydrogens (tertiary/aromatic N) is 2. The fourth-order valence-corrected chi connectivity index (χ4v) is 3.54. The summed E-state index contributed by atoms with van der Waals surface area (Å²) in [4.78, 5) is 9.09. The van der Waals surface area contributed by atoms with E-state index < -0.39 is 0 Å². The van der Waals surface area contributed by atoms with E-state index in [-0.39, 0.29) is 12.2 Å². The smallest absolute Gasteiger partial charge is 0.159 e. The van der Waals surface area contributed by atoms with Crippen molar-refractivity contribution >= 4 is 0 Å². The van der Waals surface area contributed by atoms with Crippen molar-refractivity contribution in [1.82, 2.24) is 9.97 Å². The molecule has 0 aliphatic carbocycles. The van der Waals surface area contributed by atoms with Gasteiger partial charge in [-0.2, -0.15) is 0 Å². The molecule has 0 aliphatic heterocycles. The predicted molar refractivity (Wildman–Crippen MR) is 120 cm³/mol. The Morgan fingerprint density at radius 3 is 2.03 bits per heavy atom. The van der Waals surface area contributed by atoms with Crippen LogP contribution in [0.3, 0.4) is 0 Å². The Bertz CT molecular complexity index is 668. The van der Waals surface area contributed by atoms with Crippen LogP contribution in [0, 0.1) is 0 Å². The van der Waals surface area contributed by atoms with Crippen molar-refractivity contribution in [3.8, 4) is 17.1 Å². The van der Waals surface area contributed by atoms with Crippen LogP contribution in [0.25, 0.3) is 11.4 Å². The standard InChI is InChI=1S/C25H38N2O2/c1-4-5-6-7-8-9-10-11-12-22-18-26-25(27-19-22)23-13-15-24(16-14-23)29-21(3)17-20(2)28/h13-16,18-21,28H,4-12,17H2,1-3H3/t20-,21+/m1/s1. The Hall–Kier alpha value is -1.94. The van der Waals surface area contributed by atoms with E-state index in [0.717, 1.165) is 23.6 Å². The molecule has 0 unspecified atom stereocenters. The zero-order valence-corrected chi connectivity index (χ0v) is 18.4. The number of aromatic nitrogens is 2. The monoisotopic (exact) mass is 398 g/mol. The molecule has 0 fully saturated rings. The van der Waals surface area contributed by atoms with E-state index >= 15 is 0 Å². The first-order chi connectivity index (χ1) is 14.1. The van der Waals surface area contributed by atoms with Crippen LogP contribution in [0.4, 0.5) is 0 Å². The summed E-state index contributed by atoms with van der Waals surface area (Å²) in [5, 5.41) is 9.44. The van der Waals surface area contributed by atoms with Crippen molar-refractivity contribution < 1.29 is 9.84 Å². The highest BCUT2D eigenvalue weighted by atomic mass is 16.5. The van der Waals surface area contributed by atoms with Crippen LogP contribution in [0.1, 0.15) is 84.1 Å². The van der Waals surface area contributed by atoms with Gasteiger partial charge in [-0.05, 0) is 56.5 Å². The highest BCUT2D eigenvalue weighted by Gasteiger charge is 2.08. The Labute approximate surface area is 176 Å². The van der Waals surface area contributed by atoms with Crippen LogP contribution in [0.5, 0.6) is 5.75 Å². The number of hydrogen-bond acceptors (Lipinski definition) is 4. The normalized spacial score (nSPS) is 13.2. The molecule has 4 heteroatoms. The molecule has 0 spiro atoms. The Kier molecular flexibility index (Phi) is 10.7. The van der Waals surface area contributed by atoms with Gasteiger partial charge in [-0.25, -0.2) is 9.97 Å². The number of ether oxygens (including phenoxy) is 1. The fourth-order valence-electron chi connectivity index (χ4n) is 3.54. The Morgan fingerprint density at radius 1 is 0.862 bits per heavy atom. The van der Waals surface area contributed by atoms with E-state index in [1.54, 1.807) is 6.92 Å². The quantitative estimate of drug-likeness (QED) is 0.376. The van der Waals surface area contributed by atoms with Crippen molar-refractivity contribution in [1.29, 1.82) is 0 Å². The van der Waals surface area contributed by atoms with E-state index in [1.165, 1.54) is 56.9 Å². The molecule has 0 saturated carbocycles. The maximum absolute atomic E-state index is 9.44. The molecular formula is C25H38N2O2. The molecular weight excluding hydrogens is 360 g/mol. The molecule has 4 nitrogen and oxygen atoms in total. The first-order valence-electron chi connectivity index (χ1n) is 11.3. The highest BCUT2D eigenvalue weighted by Crippen LogP contribution is 2.21. The lowest BCUT2D eigenvalue weighted by atomic mass is 10.1. The second-order valence-electron chi connectivity index (χ2n) is 8.18. The Balaban J connectivity index is 1.73. The van der Waals surface area contributed by atoms with Crippen molar-refractivity contribution in [2.75, 3.05) is 0 Å². The number of rotatable bonds is 14. The molecule has 2 aromatic rings. The van der Waals surface area contributed by atoms with E-state index in [1.807, 2.05) is 43.6 Å². The van der Waals surface area contributed by atoms with Gasteiger partial charge in [-0.3, -0.25) is 0 Å². The topological polar surface area (TPSA) is 55.2 Å². The summed E-state index contributed by atoms with van der Waals surface area (Å²) in [7, 11) is 0. The number of aliphatic hydroxyl groups is 1. The van der Waals surface area contributed by atoms with Gasteiger partial charge in [0.15, 0.2) is 5.82 Å². The summed E-state index contributed by atoms with van der Waals surface area (Å²) >= 11 is 0. The number of aliphatic hydroxyl groups excluding tert-OH is 1. The maximum atomic E-state index is 9.44. The fraction of sp³-hybridized carbons (Fsp3) is 0.600. The van der Waals surface area contributed by atoms with E-state index in [0.29, 0.717) is 6.42 Å². The van der Waals surface area contributed by atoms with E-state index in [9.17, 15) is 5.11 Å². The SMILES string of the molecule is CCCCCCCCCCc1cnc(-c2ccc(O[C@@H](C)C[C@@H](C)O)cc2)nc1. The molecule has 0 bridgehead atoms. The van der Waals surface area contributed by atoms with Gasteiger partial charge in [0.1, 0.15) is 5.75 Å². The predicted octanol–water partition coefficient (Wildman–Crippen LogP) is 6.37. The number of benzene rings is 1. The summed E-state index contributed by atoms with van der Waals surface area (Å²) in [6, 6.07) is 7.84. The largest absolute Gasteiger partial charge is 0.491 e. The summed E-state index contributed by atoms with van der Waals surface area (Å²) in [5.41, 5.74) is 2.20. The van der Waals surface area contributed by atoms with Gasteiger partial charge in [0.05, 0.1) is 12.2 Å². The van der Waals surface area contributed by atoms with Gasteiger partial charge < -0.3 is 9.84 Å². The van der Waals surface area contributed by atoms with Crippen LogP contribution in [-0.2, 0) is 6.42 Å². The van der Waals surface area contributed by atoms with E-state index in [4.69, 9.17) is 4.74 Å². The van der Waals surface area contributed by atoms with Gasteiger partial charge in [0.25, 0.3) is 0 Å². The van der Waals surface area contributed by atoms with Crippen molar-refractivity contribution in [3.63, 3.8) is 0 Å². The van der Waals surface area contributed by atoms with Gasteiger partial charge in [0, 0.05) is 24.4 Å². The van der Waals surface area contributed by atoms with Crippen molar-refractivity contribution in [2.24, 2.45) is 0 Å². The first kappa shape index (κ1) is 23.3. The maximum Gasteiger partial charge on any atom is 0.159 e. The molecule has 1 aromatic heterocycles. The molecule has 1 heterocycles. The lowest BCUT2D eigenvalue weighted by Gasteiger charge is -2.16. The molecule has 2 rings (SSSR count). The van der Waals surface area contributed by atoms with Crippen LogP contribution in [0.2, 0.25) is 0 Å². The van der Waals surface area contributed by atoms with Gasteiger partial charge in [-0.15, -0.1) is 0 Å². The minimum Gasteiger partial charge on any atom is -0.491 e. The van der Waals surface area contributed by atoms with Crippen LogP contribution < -0.4 is 4.74 Å². The second kappa shape index (κ2) is 13.3. The minimum absolute atomic E-state index is 0.0206. The van der Waals surface area contributed by atoms with Crippen LogP contribution in [0.15, 0.2) is 36.7 Å². The lowest BCUT2D eigenvalue weighted by molar-refractivity contribution is 0.115. The minimum atomic E-state index is -0.359. The van der Waals surface area contributed by atoms with Gasteiger partial charge in [-0.1, -0.05) is 51.9 Å². The molecule has 0 radical (unpaired) electrons. The van der Waals surface area contributed by atoms with Crippen LogP contribution >= 0.6 is 0 Å². The highest BCUT2D eigenvalue weighted by molar-refractivity contribution is 5.55. The third kappa shape index (κ3) is 9.40. The number of aryl methyl sites for hydroxylation is 1. The van der Waals surface area contributed by atoms with Crippen molar-refractivity contribution in [3.05, 3.63) is 42.2 Å². The van der Waals surface area contributed by atoms with Gasteiger partial charge in [0.2, 0.25) is 0 Å². The van der Waals surface area contributed by atoms with Gasteiger partial charge >= 0.3 is 0 Å². The molecule has 2 atom stereocenters. The second-order valence-corrected chi connectivity index (χ2v) is 8.18. The summed E-state index contributed by atoms with van der Waals surface area (Å²) in [6.45, 7) is 6.01. The first-order valence-corrected chi connectivity index (χ1v) is 11.3. The molecule has 1 aromatic carbocycles. The molecule has 0 saturated heterocycles. The average molecular weight is 399 g/mol.